The number of carboxylic acids is 2. The van der Waals surface area contributed by atoms with Crippen molar-refractivity contribution in [1.29, 1.82) is 0 Å². The molecule has 2 aromatic rings. The molecule has 0 aliphatic carbocycles. The van der Waals surface area contributed by atoms with Crippen LogP contribution >= 0.6 is 15.9 Å². The Hall–Kier alpha value is -1.89. The van der Waals surface area contributed by atoms with E-state index in [0.29, 0.717) is 0 Å². The first-order chi connectivity index (χ1) is 7.52. The van der Waals surface area contributed by atoms with Crippen molar-refractivity contribution in [3.05, 3.63) is 29.1 Å². The number of hydrogen-bond acceptors (Lipinski definition) is 3. The summed E-state index contributed by atoms with van der Waals surface area (Å²) in [6, 6.07) is 1.97. The minimum atomic E-state index is -1.82. The Labute approximate surface area is 98.1 Å². The van der Waals surface area contributed by atoms with Crippen molar-refractivity contribution >= 4 is 38.8 Å². The van der Waals surface area contributed by atoms with Gasteiger partial charge in [0.25, 0.3) is 0 Å². The van der Waals surface area contributed by atoms with Crippen molar-refractivity contribution in [2.75, 3.05) is 0 Å². The van der Waals surface area contributed by atoms with Crippen LogP contribution in [0.2, 0.25) is 0 Å². The Morgan fingerprint density at radius 1 is 1.31 bits per heavy atom. The van der Waals surface area contributed by atoms with E-state index in [-0.39, 0.29) is 0 Å². The highest BCUT2D eigenvalue weighted by atomic mass is 79.9. The van der Waals surface area contributed by atoms with Crippen LogP contribution in [0.1, 0.15) is 0 Å². The number of carboxylic acid groups (broad SMARTS) is 2. The largest absolute Gasteiger partial charge is 0.473 e. The van der Waals surface area contributed by atoms with Gasteiger partial charge in [-0.1, -0.05) is 0 Å². The lowest BCUT2D eigenvalue weighted by Gasteiger charge is -1.85. The van der Waals surface area contributed by atoms with Gasteiger partial charge in [-0.05, 0) is 22.0 Å². The van der Waals surface area contributed by atoms with Crippen LogP contribution in [0.3, 0.4) is 0 Å². The molecule has 0 unspecified atom stereocenters. The minimum Gasteiger partial charge on any atom is -0.473 e. The van der Waals surface area contributed by atoms with Crippen LogP contribution in [0.25, 0.3) is 10.9 Å². The average Bonchev–Trinajstić information content (AvgIpc) is 2.62. The van der Waals surface area contributed by atoms with E-state index in [1.165, 1.54) is 5.39 Å². The number of aromatic amines is 1. The van der Waals surface area contributed by atoms with E-state index in [0.717, 1.165) is 9.99 Å². The second-order valence-electron chi connectivity index (χ2n) is 2.67. The van der Waals surface area contributed by atoms with Crippen LogP contribution in [0.15, 0.2) is 29.1 Å². The maximum Gasteiger partial charge on any atom is 0.414 e. The van der Waals surface area contributed by atoms with Crippen LogP contribution in [0.5, 0.6) is 0 Å². The van der Waals surface area contributed by atoms with Gasteiger partial charge >= 0.3 is 11.9 Å². The first-order valence-electron chi connectivity index (χ1n) is 4.05. The smallest absolute Gasteiger partial charge is 0.414 e. The Morgan fingerprint density at radius 3 is 2.44 bits per heavy atom. The number of aliphatic carboxylic acids is 2. The van der Waals surface area contributed by atoms with E-state index in [2.05, 4.69) is 25.9 Å². The van der Waals surface area contributed by atoms with Crippen molar-refractivity contribution in [2.45, 2.75) is 0 Å². The topological polar surface area (TPSA) is 103 Å². The highest BCUT2D eigenvalue weighted by Crippen LogP contribution is 2.21. The fourth-order valence-electron chi connectivity index (χ4n) is 0.937. The Bertz CT molecular complexity index is 511. The number of nitrogens with one attached hydrogen (secondary N) is 1. The van der Waals surface area contributed by atoms with Gasteiger partial charge in [-0.15, -0.1) is 0 Å². The predicted octanol–water partition coefficient (Wildman–Crippen LogP) is 1.48. The highest BCUT2D eigenvalue weighted by Gasteiger charge is 2.04. The van der Waals surface area contributed by atoms with Crippen molar-refractivity contribution in [1.82, 2.24) is 9.97 Å². The number of H-pyrrole nitrogens is 1. The second-order valence-corrected chi connectivity index (χ2v) is 3.52. The second kappa shape index (κ2) is 5.26. The summed E-state index contributed by atoms with van der Waals surface area (Å²) in [6.07, 6.45) is 5.49. The van der Waals surface area contributed by atoms with Crippen molar-refractivity contribution < 1.29 is 19.8 Å². The SMILES string of the molecule is Brc1c[nH]c2cnccc12.O=C(O)C(=O)O. The van der Waals surface area contributed by atoms with Gasteiger partial charge < -0.3 is 15.2 Å². The number of nitrogens with zero attached hydrogens (tertiary/aromatic N) is 1. The molecule has 0 saturated carbocycles. The van der Waals surface area contributed by atoms with Crippen molar-refractivity contribution in [2.24, 2.45) is 0 Å². The molecule has 2 heterocycles. The maximum absolute atomic E-state index is 9.10. The van der Waals surface area contributed by atoms with Gasteiger partial charge in [0.2, 0.25) is 0 Å². The number of carbonyl (C=O) groups is 2. The molecule has 0 amide bonds. The van der Waals surface area contributed by atoms with E-state index in [1.807, 2.05) is 12.3 Å². The van der Waals surface area contributed by atoms with Gasteiger partial charge in [-0.2, -0.15) is 0 Å². The maximum atomic E-state index is 9.10. The molecule has 6 nitrogen and oxygen atoms in total. The first kappa shape index (κ1) is 12.2. The highest BCUT2D eigenvalue weighted by molar-refractivity contribution is 9.10. The van der Waals surface area contributed by atoms with Gasteiger partial charge in [0.1, 0.15) is 0 Å². The first-order valence-corrected chi connectivity index (χ1v) is 4.84. The zero-order chi connectivity index (χ0) is 12.1. The van der Waals surface area contributed by atoms with Crippen LogP contribution in [-0.4, -0.2) is 32.1 Å². The molecule has 3 N–H and O–H groups in total. The fraction of sp³-hybridized carbons (Fsp3) is 0. The van der Waals surface area contributed by atoms with Crippen molar-refractivity contribution in [3.8, 4) is 0 Å². The molecule has 0 radical (unpaired) electrons. The third-order valence-corrected chi connectivity index (χ3v) is 2.27. The molecule has 7 heteroatoms. The van der Waals surface area contributed by atoms with Gasteiger partial charge in [0.15, 0.2) is 0 Å². The zero-order valence-corrected chi connectivity index (χ0v) is 9.43. The lowest BCUT2D eigenvalue weighted by molar-refractivity contribution is -0.159. The van der Waals surface area contributed by atoms with Crippen LogP contribution < -0.4 is 0 Å². The molecule has 0 spiro atoms. The summed E-state index contributed by atoms with van der Waals surface area (Å²) in [4.78, 5) is 25.3. The minimum absolute atomic E-state index is 1.06. The normalized spacial score (nSPS) is 9.31. The molecule has 0 aliphatic rings. The molecule has 0 atom stereocenters. The molecule has 0 aromatic carbocycles. The number of aromatic nitrogens is 2. The molecule has 0 aliphatic heterocycles. The monoisotopic (exact) mass is 286 g/mol. The predicted molar refractivity (Wildman–Crippen MR) is 59.1 cm³/mol. The summed E-state index contributed by atoms with van der Waals surface area (Å²) in [5.41, 5.74) is 1.06. The van der Waals surface area contributed by atoms with Gasteiger partial charge in [-0.3, -0.25) is 4.98 Å². The lowest BCUT2D eigenvalue weighted by Crippen LogP contribution is -2.09. The van der Waals surface area contributed by atoms with E-state index in [4.69, 9.17) is 19.8 Å². The van der Waals surface area contributed by atoms with Gasteiger partial charge in [0, 0.05) is 22.3 Å². The zero-order valence-electron chi connectivity index (χ0n) is 7.85. The molecule has 84 valence electrons. The molecule has 0 saturated heterocycles. The van der Waals surface area contributed by atoms with Crippen molar-refractivity contribution in [3.63, 3.8) is 0 Å². The third-order valence-electron chi connectivity index (χ3n) is 1.62. The summed E-state index contributed by atoms with van der Waals surface area (Å²) in [6.45, 7) is 0. The molecule has 0 bridgehead atoms. The van der Waals surface area contributed by atoms with E-state index in [1.54, 1.807) is 12.4 Å². The molecular weight excluding hydrogens is 280 g/mol. The lowest BCUT2D eigenvalue weighted by atomic mass is 10.3. The Balaban J connectivity index is 0.000000187. The summed E-state index contributed by atoms with van der Waals surface area (Å²) in [7, 11) is 0. The molecule has 0 fully saturated rings. The summed E-state index contributed by atoms with van der Waals surface area (Å²) >= 11 is 3.41. The number of rotatable bonds is 0. The van der Waals surface area contributed by atoms with E-state index in [9.17, 15) is 0 Å². The molecular formula is C9H7BrN2O4. The molecule has 2 rings (SSSR count). The molecule has 2 aromatic heterocycles. The fourth-order valence-corrected chi connectivity index (χ4v) is 1.40. The standard InChI is InChI=1S/C7H5BrN2.C2H2O4/c8-6-3-10-7-4-9-2-1-5(6)7;3-1(4)2(5)6/h1-4,10H;(H,3,4)(H,5,6). The van der Waals surface area contributed by atoms with E-state index >= 15 is 0 Å². The number of fused-ring (bicyclic) bond motifs is 1. The summed E-state index contributed by atoms with van der Waals surface area (Å²) in [5, 5.41) is 16.0. The average molecular weight is 287 g/mol. The number of pyridine rings is 1. The van der Waals surface area contributed by atoms with Gasteiger partial charge in [0.05, 0.1) is 11.7 Å². The number of halogens is 1. The summed E-state index contributed by atoms with van der Waals surface area (Å²) < 4.78 is 1.09. The van der Waals surface area contributed by atoms with Crippen LogP contribution in [0.4, 0.5) is 0 Å². The van der Waals surface area contributed by atoms with Crippen LogP contribution in [0, 0.1) is 0 Å². The quantitative estimate of drug-likeness (QED) is 0.637. The number of hydrogen-bond donors (Lipinski definition) is 3. The Kier molecular flexibility index (Phi) is 4.01. The van der Waals surface area contributed by atoms with Crippen LogP contribution in [-0.2, 0) is 9.59 Å². The van der Waals surface area contributed by atoms with Gasteiger partial charge in [-0.25, -0.2) is 9.59 Å². The summed E-state index contributed by atoms with van der Waals surface area (Å²) in [5.74, 6) is -3.65. The van der Waals surface area contributed by atoms with E-state index < -0.39 is 11.9 Å². The third kappa shape index (κ3) is 3.06. The Morgan fingerprint density at radius 2 is 1.94 bits per heavy atom. The molecule has 16 heavy (non-hydrogen) atoms.